The molecule has 29 heavy (non-hydrogen) atoms. The Morgan fingerprint density at radius 2 is 1.93 bits per heavy atom. The van der Waals surface area contributed by atoms with Gasteiger partial charge >= 0.3 is 0 Å². The molecular formula is C23H23FN4O. The van der Waals surface area contributed by atoms with Gasteiger partial charge in [0.2, 0.25) is 0 Å². The van der Waals surface area contributed by atoms with E-state index in [1.807, 2.05) is 49.6 Å². The SMILES string of the molecule is COc1cc2nn(C)cc2cc1-c1ccc2c(F)c(C3CCNCC3)ccc2n1. The van der Waals surface area contributed by atoms with Crippen LogP contribution in [0.1, 0.15) is 24.3 Å². The molecular weight excluding hydrogens is 367 g/mol. The Balaban J connectivity index is 1.61. The van der Waals surface area contributed by atoms with Crippen molar-refractivity contribution < 1.29 is 9.13 Å². The third kappa shape index (κ3) is 3.13. The number of piperidine rings is 1. The first-order valence-corrected chi connectivity index (χ1v) is 9.95. The molecule has 0 aliphatic carbocycles. The number of aromatic nitrogens is 3. The topological polar surface area (TPSA) is 52.0 Å². The molecule has 4 aromatic rings. The largest absolute Gasteiger partial charge is 0.496 e. The van der Waals surface area contributed by atoms with Gasteiger partial charge in [0.15, 0.2) is 0 Å². The highest BCUT2D eigenvalue weighted by Gasteiger charge is 2.21. The molecule has 5 nitrogen and oxygen atoms in total. The number of pyridine rings is 1. The smallest absolute Gasteiger partial charge is 0.136 e. The van der Waals surface area contributed by atoms with E-state index >= 15 is 4.39 Å². The van der Waals surface area contributed by atoms with Crippen molar-refractivity contribution in [3.8, 4) is 17.0 Å². The first kappa shape index (κ1) is 18.1. The summed E-state index contributed by atoms with van der Waals surface area (Å²) in [6.07, 6.45) is 3.90. The van der Waals surface area contributed by atoms with Gasteiger partial charge in [-0.15, -0.1) is 0 Å². The molecule has 0 saturated carbocycles. The quantitative estimate of drug-likeness (QED) is 0.563. The number of benzene rings is 2. The molecule has 2 aromatic carbocycles. The standard InChI is InChI=1S/C23H23FN4O/c1-28-13-15-11-18(22(29-2)12-21(15)27-28)20-6-4-17-19(26-20)5-3-16(23(17)24)14-7-9-25-10-8-14/h3-6,11-14,25H,7-10H2,1-2H3. The van der Waals surface area contributed by atoms with Crippen LogP contribution in [0.25, 0.3) is 33.1 Å². The Bertz CT molecular complexity index is 1210. The molecule has 1 fully saturated rings. The summed E-state index contributed by atoms with van der Waals surface area (Å²) in [6.45, 7) is 1.88. The highest BCUT2D eigenvalue weighted by Crippen LogP contribution is 2.35. The van der Waals surface area contributed by atoms with Crippen LogP contribution in [-0.2, 0) is 7.05 Å². The van der Waals surface area contributed by atoms with E-state index in [1.165, 1.54) is 0 Å². The number of nitrogens with zero attached hydrogens (tertiary/aromatic N) is 3. The monoisotopic (exact) mass is 390 g/mol. The van der Waals surface area contributed by atoms with Crippen LogP contribution >= 0.6 is 0 Å². The molecule has 6 heteroatoms. The fourth-order valence-corrected chi connectivity index (χ4v) is 4.33. The Morgan fingerprint density at radius 3 is 2.72 bits per heavy atom. The number of nitrogens with one attached hydrogen (secondary N) is 1. The number of rotatable bonds is 3. The normalized spacial score (nSPS) is 15.3. The summed E-state index contributed by atoms with van der Waals surface area (Å²) in [7, 11) is 3.53. The first-order valence-electron chi connectivity index (χ1n) is 9.95. The average Bonchev–Trinajstić information content (AvgIpc) is 3.12. The third-order valence-corrected chi connectivity index (χ3v) is 5.83. The van der Waals surface area contributed by atoms with Crippen molar-refractivity contribution in [1.29, 1.82) is 0 Å². The predicted molar refractivity (Wildman–Crippen MR) is 113 cm³/mol. The lowest BCUT2D eigenvalue weighted by molar-refractivity contribution is 0.417. The molecule has 0 amide bonds. The minimum Gasteiger partial charge on any atom is -0.496 e. The van der Waals surface area contributed by atoms with Crippen LogP contribution in [-0.4, -0.2) is 35.0 Å². The minimum atomic E-state index is -0.136. The van der Waals surface area contributed by atoms with E-state index in [0.29, 0.717) is 16.7 Å². The van der Waals surface area contributed by atoms with Crippen molar-refractivity contribution in [3.63, 3.8) is 0 Å². The second-order valence-electron chi connectivity index (χ2n) is 7.67. The lowest BCUT2D eigenvalue weighted by Crippen LogP contribution is -2.27. The van der Waals surface area contributed by atoms with Gasteiger partial charge in [-0.1, -0.05) is 6.07 Å². The molecule has 0 unspecified atom stereocenters. The van der Waals surface area contributed by atoms with Gasteiger partial charge in [0.25, 0.3) is 0 Å². The lowest BCUT2D eigenvalue weighted by atomic mass is 9.89. The summed E-state index contributed by atoms with van der Waals surface area (Å²) in [5, 5.41) is 9.36. The molecule has 0 atom stereocenters. The average molecular weight is 390 g/mol. The van der Waals surface area contributed by atoms with E-state index in [9.17, 15) is 0 Å². The number of fused-ring (bicyclic) bond motifs is 2. The number of halogens is 1. The van der Waals surface area contributed by atoms with E-state index in [2.05, 4.69) is 10.4 Å². The summed E-state index contributed by atoms with van der Waals surface area (Å²) < 4.78 is 22.6. The highest BCUT2D eigenvalue weighted by molar-refractivity contribution is 5.89. The zero-order valence-electron chi connectivity index (χ0n) is 16.6. The summed E-state index contributed by atoms with van der Waals surface area (Å²) in [6, 6.07) is 11.5. The Morgan fingerprint density at radius 1 is 1.10 bits per heavy atom. The molecule has 1 N–H and O–H groups in total. The molecule has 2 aromatic heterocycles. The van der Waals surface area contributed by atoms with E-state index in [-0.39, 0.29) is 11.7 Å². The van der Waals surface area contributed by atoms with E-state index in [4.69, 9.17) is 9.72 Å². The van der Waals surface area contributed by atoms with Crippen molar-refractivity contribution in [2.24, 2.45) is 7.05 Å². The Labute approximate surface area is 168 Å². The fourth-order valence-electron chi connectivity index (χ4n) is 4.33. The van der Waals surface area contributed by atoms with E-state index < -0.39 is 0 Å². The van der Waals surface area contributed by atoms with Crippen molar-refractivity contribution in [1.82, 2.24) is 20.1 Å². The van der Waals surface area contributed by atoms with Gasteiger partial charge in [0.1, 0.15) is 11.6 Å². The summed E-state index contributed by atoms with van der Waals surface area (Å²) in [5.74, 6) is 0.839. The molecule has 0 bridgehead atoms. The maximum absolute atomic E-state index is 15.2. The van der Waals surface area contributed by atoms with Gasteiger partial charge in [0, 0.05) is 35.6 Å². The van der Waals surface area contributed by atoms with Crippen LogP contribution in [0.5, 0.6) is 5.75 Å². The summed E-state index contributed by atoms with van der Waals surface area (Å²) in [4.78, 5) is 4.76. The van der Waals surface area contributed by atoms with Gasteiger partial charge < -0.3 is 10.1 Å². The second kappa shape index (κ2) is 7.12. The minimum absolute atomic E-state index is 0.136. The molecule has 1 aliphatic rings. The maximum Gasteiger partial charge on any atom is 0.136 e. The zero-order valence-corrected chi connectivity index (χ0v) is 16.6. The van der Waals surface area contributed by atoms with E-state index in [0.717, 1.165) is 53.7 Å². The number of aryl methyl sites for hydroxylation is 1. The van der Waals surface area contributed by atoms with Gasteiger partial charge in [-0.2, -0.15) is 5.10 Å². The number of ether oxygens (including phenoxy) is 1. The van der Waals surface area contributed by atoms with E-state index in [1.54, 1.807) is 11.8 Å². The Kier molecular flexibility index (Phi) is 4.43. The number of hydrogen-bond acceptors (Lipinski definition) is 4. The van der Waals surface area contributed by atoms with Crippen molar-refractivity contribution in [2.45, 2.75) is 18.8 Å². The second-order valence-corrected chi connectivity index (χ2v) is 7.67. The van der Waals surface area contributed by atoms with Gasteiger partial charge in [-0.3, -0.25) is 4.68 Å². The molecule has 0 spiro atoms. The predicted octanol–water partition coefficient (Wildman–Crippen LogP) is 4.40. The van der Waals surface area contributed by atoms with Crippen LogP contribution in [0.4, 0.5) is 4.39 Å². The van der Waals surface area contributed by atoms with Gasteiger partial charge in [0.05, 0.1) is 23.8 Å². The van der Waals surface area contributed by atoms with Gasteiger partial charge in [-0.05, 0) is 61.7 Å². The van der Waals surface area contributed by atoms with Crippen molar-refractivity contribution in [2.75, 3.05) is 20.2 Å². The molecule has 5 rings (SSSR count). The van der Waals surface area contributed by atoms with Crippen molar-refractivity contribution in [3.05, 3.63) is 54.0 Å². The van der Waals surface area contributed by atoms with Crippen LogP contribution in [0, 0.1) is 5.82 Å². The van der Waals surface area contributed by atoms with Crippen LogP contribution in [0.2, 0.25) is 0 Å². The first-order chi connectivity index (χ1) is 14.1. The molecule has 148 valence electrons. The maximum atomic E-state index is 15.2. The zero-order chi connectivity index (χ0) is 20.0. The highest BCUT2D eigenvalue weighted by atomic mass is 19.1. The third-order valence-electron chi connectivity index (χ3n) is 5.83. The number of methoxy groups -OCH3 is 1. The number of hydrogen-bond donors (Lipinski definition) is 1. The molecule has 1 aliphatic heterocycles. The lowest BCUT2D eigenvalue weighted by Gasteiger charge is -2.23. The van der Waals surface area contributed by atoms with Gasteiger partial charge in [-0.25, -0.2) is 9.37 Å². The molecule has 3 heterocycles. The van der Waals surface area contributed by atoms with Crippen molar-refractivity contribution >= 4 is 21.8 Å². The van der Waals surface area contributed by atoms with Crippen LogP contribution in [0.15, 0.2) is 42.6 Å². The van der Waals surface area contributed by atoms with Crippen LogP contribution in [0.3, 0.4) is 0 Å². The molecule has 0 radical (unpaired) electrons. The fraction of sp³-hybridized carbons (Fsp3) is 0.304. The molecule has 1 saturated heterocycles. The Hall–Kier alpha value is -2.99. The van der Waals surface area contributed by atoms with Crippen LogP contribution < -0.4 is 10.1 Å². The summed E-state index contributed by atoms with van der Waals surface area (Å²) in [5.41, 5.74) is 3.97. The summed E-state index contributed by atoms with van der Waals surface area (Å²) >= 11 is 0.